The number of H-pyrrole nitrogens is 1. The molecule has 1 aliphatic rings. The van der Waals surface area contributed by atoms with Gasteiger partial charge in [0.2, 0.25) is 0 Å². The summed E-state index contributed by atoms with van der Waals surface area (Å²) >= 11 is 0. The number of hydrogen-bond donors (Lipinski definition) is 2. The summed E-state index contributed by atoms with van der Waals surface area (Å²) in [4.78, 5) is 31.8. The van der Waals surface area contributed by atoms with E-state index >= 15 is 0 Å². The van der Waals surface area contributed by atoms with Crippen LogP contribution in [0.1, 0.15) is 23.7 Å². The Kier molecular flexibility index (Phi) is 3.56. The van der Waals surface area contributed by atoms with Crippen molar-refractivity contribution in [3.8, 4) is 0 Å². The first-order chi connectivity index (χ1) is 10.5. The average molecular weight is 305 g/mol. The number of aliphatic carboxylic acids is 1. The molecule has 1 saturated heterocycles. The number of carbonyl (C=O) groups excluding carboxylic acids is 1. The molecule has 1 aromatic heterocycles. The van der Waals surface area contributed by atoms with Crippen LogP contribution >= 0.6 is 0 Å². The first-order valence-electron chi connectivity index (χ1n) is 7.11. The molecule has 2 heterocycles. The molecule has 0 bridgehead atoms. The van der Waals surface area contributed by atoms with Gasteiger partial charge in [-0.2, -0.15) is 0 Å². The monoisotopic (exact) mass is 305 g/mol. The zero-order valence-electron chi connectivity index (χ0n) is 12.0. The molecule has 2 unspecified atom stereocenters. The van der Waals surface area contributed by atoms with Gasteiger partial charge in [-0.05, 0) is 24.5 Å². The predicted molar refractivity (Wildman–Crippen MR) is 76.9 cm³/mol. The summed E-state index contributed by atoms with van der Waals surface area (Å²) < 4.78 is 14.4. The summed E-state index contributed by atoms with van der Waals surface area (Å²) in [5.41, 5.74) is 0.563. The van der Waals surface area contributed by atoms with Crippen LogP contribution in [0.2, 0.25) is 0 Å². The van der Waals surface area contributed by atoms with Crippen molar-refractivity contribution < 1.29 is 19.1 Å². The quantitative estimate of drug-likeness (QED) is 0.887. The number of nitrogens with zero attached hydrogens (tertiary/aromatic N) is 2. The average Bonchev–Trinajstić information content (AvgIpc) is 2.95. The maximum Gasteiger partial charge on any atom is 0.308 e. The van der Waals surface area contributed by atoms with E-state index in [1.165, 1.54) is 17.3 Å². The van der Waals surface area contributed by atoms with E-state index in [0.29, 0.717) is 18.5 Å². The molecule has 1 fully saturated rings. The molecule has 7 heteroatoms. The van der Waals surface area contributed by atoms with E-state index in [9.17, 15) is 14.0 Å². The number of halogens is 1. The SMILES string of the molecule is CC1CC(C(=O)O)CN(C(=O)c2ccc3[nH]cnc3c2F)C1. The van der Waals surface area contributed by atoms with E-state index in [-0.39, 0.29) is 23.5 Å². The van der Waals surface area contributed by atoms with Gasteiger partial charge in [0.25, 0.3) is 5.91 Å². The number of benzene rings is 1. The second kappa shape index (κ2) is 5.40. The standard InChI is InChI=1S/C15H16FN3O3/c1-8-4-9(15(21)22)6-19(5-8)14(20)10-2-3-11-13(12(10)16)18-7-17-11/h2-3,7-9H,4-6H2,1H3,(H,17,18)(H,21,22). The summed E-state index contributed by atoms with van der Waals surface area (Å²) in [5, 5.41) is 9.17. The summed E-state index contributed by atoms with van der Waals surface area (Å²) in [6.45, 7) is 2.43. The molecule has 1 aliphatic heterocycles. The molecule has 1 amide bonds. The van der Waals surface area contributed by atoms with Gasteiger partial charge in [-0.15, -0.1) is 0 Å². The number of imidazole rings is 1. The molecular formula is C15H16FN3O3. The Bertz CT molecular complexity index is 743. The van der Waals surface area contributed by atoms with Gasteiger partial charge in [-0.25, -0.2) is 9.37 Å². The molecule has 3 rings (SSSR count). The molecule has 0 radical (unpaired) electrons. The van der Waals surface area contributed by atoms with Crippen molar-refractivity contribution in [2.75, 3.05) is 13.1 Å². The maximum absolute atomic E-state index is 14.4. The number of aromatic nitrogens is 2. The summed E-state index contributed by atoms with van der Waals surface area (Å²) in [6.07, 6.45) is 1.89. The van der Waals surface area contributed by atoms with E-state index < -0.39 is 23.6 Å². The lowest BCUT2D eigenvalue weighted by atomic mass is 9.90. The Labute approximate surface area is 125 Å². The summed E-state index contributed by atoms with van der Waals surface area (Å²) in [6, 6.07) is 3.01. The fourth-order valence-corrected chi connectivity index (χ4v) is 3.01. The van der Waals surface area contributed by atoms with E-state index in [1.54, 1.807) is 6.07 Å². The number of rotatable bonds is 2. The number of carboxylic acid groups (broad SMARTS) is 1. The number of fused-ring (bicyclic) bond motifs is 1. The Hall–Kier alpha value is -2.44. The number of amides is 1. The lowest BCUT2D eigenvalue weighted by Crippen LogP contribution is -2.45. The highest BCUT2D eigenvalue weighted by atomic mass is 19.1. The van der Waals surface area contributed by atoms with Crippen molar-refractivity contribution in [2.45, 2.75) is 13.3 Å². The van der Waals surface area contributed by atoms with Crippen LogP contribution in [-0.2, 0) is 4.79 Å². The van der Waals surface area contributed by atoms with Gasteiger partial charge < -0.3 is 15.0 Å². The number of aromatic amines is 1. The molecule has 0 spiro atoms. The van der Waals surface area contributed by atoms with Crippen LogP contribution in [0.4, 0.5) is 4.39 Å². The van der Waals surface area contributed by atoms with E-state index in [4.69, 9.17) is 5.11 Å². The zero-order chi connectivity index (χ0) is 15.9. The summed E-state index contributed by atoms with van der Waals surface area (Å²) in [5.74, 6) is -2.62. The molecule has 2 N–H and O–H groups in total. The topological polar surface area (TPSA) is 86.3 Å². The molecule has 22 heavy (non-hydrogen) atoms. The van der Waals surface area contributed by atoms with Crippen LogP contribution in [-0.4, -0.2) is 44.9 Å². The number of piperidine rings is 1. The molecule has 6 nitrogen and oxygen atoms in total. The van der Waals surface area contributed by atoms with Crippen molar-refractivity contribution in [3.63, 3.8) is 0 Å². The normalized spacial score (nSPS) is 22.0. The largest absolute Gasteiger partial charge is 0.481 e. The van der Waals surface area contributed by atoms with Crippen LogP contribution in [0.25, 0.3) is 11.0 Å². The van der Waals surface area contributed by atoms with Crippen LogP contribution in [0.5, 0.6) is 0 Å². The van der Waals surface area contributed by atoms with Gasteiger partial charge in [0.15, 0.2) is 5.82 Å². The first kappa shape index (κ1) is 14.5. The van der Waals surface area contributed by atoms with Gasteiger partial charge in [0.05, 0.1) is 23.3 Å². The third kappa shape index (κ3) is 2.43. The predicted octanol–water partition coefficient (Wildman–Crippen LogP) is 1.88. The van der Waals surface area contributed by atoms with Crippen molar-refractivity contribution in [2.24, 2.45) is 11.8 Å². The lowest BCUT2D eigenvalue weighted by molar-refractivity contribution is -0.143. The van der Waals surface area contributed by atoms with Crippen LogP contribution in [0.3, 0.4) is 0 Å². The third-order valence-corrected chi connectivity index (χ3v) is 4.06. The number of carbonyl (C=O) groups is 2. The third-order valence-electron chi connectivity index (χ3n) is 4.06. The highest BCUT2D eigenvalue weighted by Crippen LogP contribution is 2.25. The lowest BCUT2D eigenvalue weighted by Gasteiger charge is -2.34. The van der Waals surface area contributed by atoms with Gasteiger partial charge >= 0.3 is 5.97 Å². The summed E-state index contributed by atoms with van der Waals surface area (Å²) in [7, 11) is 0. The van der Waals surface area contributed by atoms with Crippen LogP contribution in [0.15, 0.2) is 18.5 Å². The number of hydrogen-bond acceptors (Lipinski definition) is 3. The fraction of sp³-hybridized carbons (Fsp3) is 0.400. The van der Waals surface area contributed by atoms with Crippen molar-refractivity contribution in [1.29, 1.82) is 0 Å². The Morgan fingerprint density at radius 1 is 1.41 bits per heavy atom. The van der Waals surface area contributed by atoms with Crippen molar-refractivity contribution in [3.05, 3.63) is 29.8 Å². The van der Waals surface area contributed by atoms with E-state index in [2.05, 4.69) is 9.97 Å². The number of nitrogens with one attached hydrogen (secondary N) is 1. The molecule has 116 valence electrons. The van der Waals surface area contributed by atoms with E-state index in [1.807, 2.05) is 6.92 Å². The van der Waals surface area contributed by atoms with Gasteiger partial charge in [0, 0.05) is 13.1 Å². The molecule has 1 aromatic carbocycles. The molecule has 0 saturated carbocycles. The first-order valence-corrected chi connectivity index (χ1v) is 7.11. The number of carboxylic acids is 1. The highest BCUT2D eigenvalue weighted by Gasteiger charge is 2.33. The molecule has 2 aromatic rings. The molecular weight excluding hydrogens is 289 g/mol. The van der Waals surface area contributed by atoms with Crippen molar-refractivity contribution >= 4 is 22.9 Å². The zero-order valence-corrected chi connectivity index (χ0v) is 12.0. The second-order valence-electron chi connectivity index (χ2n) is 5.81. The number of likely N-dealkylation sites (tertiary alicyclic amines) is 1. The Morgan fingerprint density at radius 2 is 2.18 bits per heavy atom. The maximum atomic E-state index is 14.4. The second-order valence-corrected chi connectivity index (χ2v) is 5.81. The minimum absolute atomic E-state index is 0.0657. The van der Waals surface area contributed by atoms with E-state index in [0.717, 1.165) is 0 Å². The van der Waals surface area contributed by atoms with Gasteiger partial charge in [-0.1, -0.05) is 6.92 Å². The van der Waals surface area contributed by atoms with Crippen LogP contribution in [0, 0.1) is 17.7 Å². The minimum atomic E-state index is -0.924. The van der Waals surface area contributed by atoms with Crippen molar-refractivity contribution in [1.82, 2.24) is 14.9 Å². The smallest absolute Gasteiger partial charge is 0.308 e. The Morgan fingerprint density at radius 3 is 2.91 bits per heavy atom. The highest BCUT2D eigenvalue weighted by molar-refractivity contribution is 5.98. The Balaban J connectivity index is 1.91. The minimum Gasteiger partial charge on any atom is -0.481 e. The fourth-order valence-electron chi connectivity index (χ4n) is 3.01. The van der Waals surface area contributed by atoms with Crippen LogP contribution < -0.4 is 0 Å². The van der Waals surface area contributed by atoms with Gasteiger partial charge in [-0.3, -0.25) is 9.59 Å². The van der Waals surface area contributed by atoms with Gasteiger partial charge in [0.1, 0.15) is 5.52 Å². The molecule has 2 atom stereocenters. The molecule has 0 aliphatic carbocycles.